The van der Waals surface area contributed by atoms with Gasteiger partial charge in [-0.3, -0.25) is 9.59 Å². The third-order valence-electron chi connectivity index (χ3n) is 3.14. The number of aliphatic carboxylic acids is 1. The molecule has 0 aliphatic heterocycles. The van der Waals surface area contributed by atoms with Gasteiger partial charge in [-0.25, -0.2) is 4.98 Å². The molecule has 0 radical (unpaired) electrons. The molecule has 1 heterocycles. The Morgan fingerprint density at radius 2 is 2.17 bits per heavy atom. The number of hydrogen-bond acceptors (Lipinski definition) is 6. The molecule has 24 heavy (non-hydrogen) atoms. The Bertz CT molecular complexity index is 688. The predicted octanol–water partition coefficient (Wildman–Crippen LogP) is 2.33. The minimum absolute atomic E-state index is 0.0208. The number of methoxy groups -OCH3 is 1. The molecule has 2 rings (SSSR count). The third kappa shape index (κ3) is 5.24. The highest BCUT2D eigenvalue weighted by atomic mass is 32.1. The van der Waals surface area contributed by atoms with Crippen LogP contribution in [0.4, 0.5) is 0 Å². The van der Waals surface area contributed by atoms with E-state index in [4.69, 9.17) is 14.6 Å². The molecule has 0 saturated carbocycles. The number of carboxylic acids is 1. The summed E-state index contributed by atoms with van der Waals surface area (Å²) in [6.45, 7) is 0.621. The van der Waals surface area contributed by atoms with E-state index in [-0.39, 0.29) is 12.3 Å². The molecule has 0 bridgehead atoms. The van der Waals surface area contributed by atoms with Crippen molar-refractivity contribution in [2.75, 3.05) is 13.7 Å². The molecule has 128 valence electrons. The summed E-state index contributed by atoms with van der Waals surface area (Å²) in [5.41, 5.74) is 2.97. The van der Waals surface area contributed by atoms with Crippen LogP contribution in [0.3, 0.4) is 0 Å². The molecule has 0 spiro atoms. The monoisotopic (exact) mass is 350 g/mol. The smallest absolute Gasteiger partial charge is 0.303 e. The third-order valence-corrected chi connectivity index (χ3v) is 3.77. The molecule has 0 saturated heterocycles. The second kappa shape index (κ2) is 8.88. The van der Waals surface area contributed by atoms with Crippen LogP contribution in [0.1, 0.15) is 28.9 Å². The van der Waals surface area contributed by atoms with Crippen LogP contribution in [0.15, 0.2) is 29.1 Å². The number of nitrogens with one attached hydrogen (secondary N) is 1. The van der Waals surface area contributed by atoms with Gasteiger partial charge in [-0.05, 0) is 24.6 Å². The van der Waals surface area contributed by atoms with Gasteiger partial charge in [0.2, 0.25) is 0 Å². The average Bonchev–Trinajstić information content (AvgIpc) is 3.09. The molecule has 0 aliphatic carbocycles. The second-order valence-electron chi connectivity index (χ2n) is 4.89. The second-order valence-corrected chi connectivity index (χ2v) is 5.61. The lowest BCUT2D eigenvalue weighted by Gasteiger charge is -2.11. The molecule has 0 fully saturated rings. The molecular formula is C16H18N2O5S. The van der Waals surface area contributed by atoms with E-state index in [2.05, 4.69) is 10.3 Å². The summed E-state index contributed by atoms with van der Waals surface area (Å²) in [7, 11) is 1.50. The van der Waals surface area contributed by atoms with Crippen LogP contribution in [-0.2, 0) is 11.4 Å². The van der Waals surface area contributed by atoms with E-state index in [1.54, 1.807) is 23.7 Å². The quantitative estimate of drug-likeness (QED) is 0.674. The van der Waals surface area contributed by atoms with Crippen LogP contribution in [0, 0.1) is 0 Å². The summed E-state index contributed by atoms with van der Waals surface area (Å²) < 4.78 is 10.9. The van der Waals surface area contributed by atoms with Crippen molar-refractivity contribution < 1.29 is 24.2 Å². The summed E-state index contributed by atoms with van der Waals surface area (Å²) in [6, 6.07) is 4.88. The van der Waals surface area contributed by atoms with Crippen molar-refractivity contribution in [3.8, 4) is 11.5 Å². The Kier molecular flexibility index (Phi) is 6.56. The summed E-state index contributed by atoms with van der Waals surface area (Å²) in [5.74, 6) is -0.200. The van der Waals surface area contributed by atoms with E-state index < -0.39 is 5.97 Å². The van der Waals surface area contributed by atoms with Gasteiger partial charge in [0.15, 0.2) is 11.5 Å². The average molecular weight is 350 g/mol. The van der Waals surface area contributed by atoms with E-state index in [1.165, 1.54) is 18.4 Å². The molecule has 0 atom stereocenters. The molecule has 8 heteroatoms. The molecule has 1 amide bonds. The van der Waals surface area contributed by atoms with Crippen LogP contribution in [0.25, 0.3) is 0 Å². The largest absolute Gasteiger partial charge is 0.493 e. The number of benzene rings is 1. The lowest BCUT2D eigenvalue weighted by atomic mass is 10.2. The fraction of sp³-hybridized carbons (Fsp3) is 0.312. The SMILES string of the molecule is COc1cc(C(=O)NCCCC(=O)O)ccc1OCc1cscn1. The molecule has 1 aromatic carbocycles. The first kappa shape index (κ1) is 17.7. The summed E-state index contributed by atoms with van der Waals surface area (Å²) in [4.78, 5) is 26.6. The zero-order valence-corrected chi connectivity index (χ0v) is 14.0. The minimum atomic E-state index is -0.882. The van der Waals surface area contributed by atoms with Gasteiger partial charge in [0.25, 0.3) is 5.91 Å². The lowest BCUT2D eigenvalue weighted by molar-refractivity contribution is -0.137. The molecule has 2 aromatic rings. The highest BCUT2D eigenvalue weighted by Gasteiger charge is 2.11. The van der Waals surface area contributed by atoms with Crippen molar-refractivity contribution in [3.63, 3.8) is 0 Å². The first-order valence-corrected chi connectivity index (χ1v) is 8.22. The van der Waals surface area contributed by atoms with Crippen molar-refractivity contribution in [2.45, 2.75) is 19.4 Å². The minimum Gasteiger partial charge on any atom is -0.493 e. The predicted molar refractivity (Wildman–Crippen MR) is 88.6 cm³/mol. The van der Waals surface area contributed by atoms with Gasteiger partial charge >= 0.3 is 5.97 Å². The van der Waals surface area contributed by atoms with Crippen LogP contribution < -0.4 is 14.8 Å². The number of thiazole rings is 1. The van der Waals surface area contributed by atoms with Crippen molar-refractivity contribution in [3.05, 3.63) is 40.3 Å². The number of rotatable bonds is 9. The van der Waals surface area contributed by atoms with E-state index in [0.717, 1.165) is 5.69 Å². The zero-order chi connectivity index (χ0) is 17.4. The van der Waals surface area contributed by atoms with Crippen molar-refractivity contribution in [1.29, 1.82) is 0 Å². The normalized spacial score (nSPS) is 10.2. The number of amides is 1. The Balaban J connectivity index is 1.94. The van der Waals surface area contributed by atoms with Gasteiger partial charge in [-0.15, -0.1) is 11.3 Å². The van der Waals surface area contributed by atoms with E-state index in [0.29, 0.717) is 36.6 Å². The number of nitrogens with zero attached hydrogens (tertiary/aromatic N) is 1. The number of carbonyl (C=O) groups is 2. The number of carboxylic acid groups (broad SMARTS) is 1. The fourth-order valence-corrected chi connectivity index (χ4v) is 2.48. The maximum Gasteiger partial charge on any atom is 0.303 e. The van der Waals surface area contributed by atoms with Crippen molar-refractivity contribution in [2.24, 2.45) is 0 Å². The molecule has 1 aromatic heterocycles. The van der Waals surface area contributed by atoms with Gasteiger partial charge < -0.3 is 19.9 Å². The number of carbonyl (C=O) groups excluding carboxylic acids is 1. The van der Waals surface area contributed by atoms with Gasteiger partial charge in [0.05, 0.1) is 18.3 Å². The summed E-state index contributed by atoms with van der Waals surface area (Å²) >= 11 is 1.49. The van der Waals surface area contributed by atoms with Gasteiger partial charge in [0, 0.05) is 23.9 Å². The topological polar surface area (TPSA) is 97.8 Å². The lowest BCUT2D eigenvalue weighted by Crippen LogP contribution is -2.24. The highest BCUT2D eigenvalue weighted by Crippen LogP contribution is 2.28. The van der Waals surface area contributed by atoms with E-state index in [9.17, 15) is 9.59 Å². The maximum atomic E-state index is 12.0. The van der Waals surface area contributed by atoms with Crippen molar-refractivity contribution >= 4 is 23.2 Å². The Hall–Kier alpha value is -2.61. The van der Waals surface area contributed by atoms with Crippen LogP contribution in [0.5, 0.6) is 11.5 Å². The molecule has 2 N–H and O–H groups in total. The molecule has 0 unspecified atom stereocenters. The Labute approximate surface area is 143 Å². The number of hydrogen-bond donors (Lipinski definition) is 2. The first-order chi connectivity index (χ1) is 11.6. The Morgan fingerprint density at radius 1 is 1.33 bits per heavy atom. The van der Waals surface area contributed by atoms with E-state index >= 15 is 0 Å². The molecule has 0 aliphatic rings. The summed E-state index contributed by atoms with van der Waals surface area (Å²) in [5, 5.41) is 13.1. The summed E-state index contributed by atoms with van der Waals surface area (Å²) in [6.07, 6.45) is 0.403. The standard InChI is InChI=1S/C16H18N2O5S/c1-22-14-7-11(16(21)17-6-2-3-15(19)20)4-5-13(14)23-8-12-9-24-10-18-12/h4-5,7,9-10H,2-3,6,8H2,1H3,(H,17,21)(H,19,20). The number of aromatic nitrogens is 1. The van der Waals surface area contributed by atoms with Gasteiger partial charge in [0.1, 0.15) is 6.61 Å². The number of ether oxygens (including phenoxy) is 2. The van der Waals surface area contributed by atoms with E-state index in [1.807, 2.05) is 5.38 Å². The Morgan fingerprint density at radius 3 is 2.83 bits per heavy atom. The maximum absolute atomic E-state index is 12.0. The fourth-order valence-electron chi connectivity index (χ4n) is 1.93. The zero-order valence-electron chi connectivity index (χ0n) is 13.2. The van der Waals surface area contributed by atoms with Crippen LogP contribution in [-0.4, -0.2) is 35.6 Å². The highest BCUT2D eigenvalue weighted by molar-refractivity contribution is 7.07. The van der Waals surface area contributed by atoms with Crippen molar-refractivity contribution in [1.82, 2.24) is 10.3 Å². The van der Waals surface area contributed by atoms with Crippen LogP contribution >= 0.6 is 11.3 Å². The van der Waals surface area contributed by atoms with Gasteiger partial charge in [-0.1, -0.05) is 0 Å². The van der Waals surface area contributed by atoms with Crippen LogP contribution in [0.2, 0.25) is 0 Å². The molecular weight excluding hydrogens is 332 g/mol. The first-order valence-electron chi connectivity index (χ1n) is 7.28. The van der Waals surface area contributed by atoms with Gasteiger partial charge in [-0.2, -0.15) is 0 Å². The molecule has 7 nitrogen and oxygen atoms in total.